The molecule has 6 heteroatoms. The Kier molecular flexibility index (Phi) is 9.03. The van der Waals surface area contributed by atoms with E-state index in [0.717, 1.165) is 36.5 Å². The summed E-state index contributed by atoms with van der Waals surface area (Å²) < 4.78 is 24.6. The summed E-state index contributed by atoms with van der Waals surface area (Å²) in [6.45, 7) is 6.61. The molecule has 1 aliphatic heterocycles. The maximum atomic E-state index is 13.1. The fraction of sp³-hybridized carbons (Fsp3) is 0.455. The zero-order valence-corrected chi connectivity index (χ0v) is 17.4. The van der Waals surface area contributed by atoms with Crippen molar-refractivity contribution in [1.82, 2.24) is 10.2 Å². The van der Waals surface area contributed by atoms with Crippen LogP contribution in [0.1, 0.15) is 30.9 Å². The van der Waals surface area contributed by atoms with E-state index < -0.39 is 0 Å². The predicted molar refractivity (Wildman–Crippen MR) is 113 cm³/mol. The monoisotopic (exact) mass is 408 g/mol. The van der Waals surface area contributed by atoms with Crippen LogP contribution < -0.4 is 14.8 Å². The summed E-state index contributed by atoms with van der Waals surface area (Å²) in [5, 5.41) is 3.58. The zero-order valence-electron chi connectivity index (χ0n) is 16.6. The first-order valence-electron chi connectivity index (χ1n) is 9.69. The molecule has 0 radical (unpaired) electrons. The van der Waals surface area contributed by atoms with Crippen molar-refractivity contribution in [3.05, 3.63) is 59.4 Å². The quantitative estimate of drug-likeness (QED) is 0.666. The maximum Gasteiger partial charge on any atom is 0.166 e. The number of nitrogens with zero attached hydrogens (tertiary/aromatic N) is 1. The van der Waals surface area contributed by atoms with Crippen LogP contribution >= 0.6 is 12.4 Å². The van der Waals surface area contributed by atoms with E-state index in [0.29, 0.717) is 18.4 Å². The van der Waals surface area contributed by atoms with Gasteiger partial charge in [-0.1, -0.05) is 31.2 Å². The highest BCUT2D eigenvalue weighted by molar-refractivity contribution is 5.85. The van der Waals surface area contributed by atoms with Crippen molar-refractivity contribution in [2.45, 2.75) is 39.0 Å². The number of halogens is 2. The molecular formula is C22H30ClFN2O2. The van der Waals surface area contributed by atoms with Gasteiger partial charge in [0.2, 0.25) is 0 Å². The summed E-state index contributed by atoms with van der Waals surface area (Å²) in [6, 6.07) is 12.9. The topological polar surface area (TPSA) is 33.7 Å². The van der Waals surface area contributed by atoms with Gasteiger partial charge in [-0.2, -0.15) is 0 Å². The number of nitrogens with one attached hydrogen (secondary N) is 1. The average Bonchev–Trinajstić information content (AvgIpc) is 3.15. The van der Waals surface area contributed by atoms with Crippen LogP contribution in [0.25, 0.3) is 0 Å². The van der Waals surface area contributed by atoms with E-state index in [9.17, 15) is 4.39 Å². The van der Waals surface area contributed by atoms with E-state index >= 15 is 0 Å². The Hall–Kier alpha value is -1.82. The van der Waals surface area contributed by atoms with Gasteiger partial charge in [0.05, 0.1) is 7.11 Å². The fourth-order valence-electron chi connectivity index (χ4n) is 3.68. The van der Waals surface area contributed by atoms with Crippen LogP contribution in [0.5, 0.6) is 11.5 Å². The van der Waals surface area contributed by atoms with Crippen LogP contribution in [0, 0.1) is 5.82 Å². The molecule has 1 fully saturated rings. The molecule has 1 N–H and O–H groups in total. The molecule has 0 aromatic heterocycles. The molecule has 3 rings (SSSR count). The molecule has 0 bridgehead atoms. The maximum absolute atomic E-state index is 13.1. The molecule has 4 nitrogen and oxygen atoms in total. The van der Waals surface area contributed by atoms with Crippen LogP contribution in [-0.4, -0.2) is 37.7 Å². The number of likely N-dealkylation sites (tertiary alicyclic amines) is 1. The minimum absolute atomic E-state index is 0. The van der Waals surface area contributed by atoms with E-state index in [2.05, 4.69) is 23.2 Å². The lowest BCUT2D eigenvalue weighted by molar-refractivity contribution is 0.258. The van der Waals surface area contributed by atoms with Crippen molar-refractivity contribution in [3.63, 3.8) is 0 Å². The first-order chi connectivity index (χ1) is 13.2. The summed E-state index contributed by atoms with van der Waals surface area (Å²) in [4.78, 5) is 2.53. The van der Waals surface area contributed by atoms with Gasteiger partial charge in [0.15, 0.2) is 11.5 Å². The van der Waals surface area contributed by atoms with Crippen molar-refractivity contribution in [2.24, 2.45) is 0 Å². The Morgan fingerprint density at radius 2 is 1.96 bits per heavy atom. The van der Waals surface area contributed by atoms with Gasteiger partial charge in [0.1, 0.15) is 12.4 Å². The minimum atomic E-state index is -0.242. The summed E-state index contributed by atoms with van der Waals surface area (Å²) in [5.74, 6) is 1.22. The summed E-state index contributed by atoms with van der Waals surface area (Å²) in [7, 11) is 1.65. The van der Waals surface area contributed by atoms with Gasteiger partial charge in [-0.15, -0.1) is 12.4 Å². The third-order valence-electron chi connectivity index (χ3n) is 5.18. The number of para-hydroxylation sites is 1. The molecule has 1 unspecified atom stereocenters. The van der Waals surface area contributed by atoms with E-state index in [-0.39, 0.29) is 18.2 Å². The second-order valence-corrected chi connectivity index (χ2v) is 6.92. The number of benzene rings is 2. The van der Waals surface area contributed by atoms with Crippen molar-refractivity contribution in [3.8, 4) is 11.5 Å². The van der Waals surface area contributed by atoms with Crippen molar-refractivity contribution in [2.75, 3.05) is 26.7 Å². The van der Waals surface area contributed by atoms with Gasteiger partial charge in [0.25, 0.3) is 0 Å². The minimum Gasteiger partial charge on any atom is -0.493 e. The van der Waals surface area contributed by atoms with Gasteiger partial charge < -0.3 is 14.8 Å². The average molecular weight is 409 g/mol. The third kappa shape index (κ3) is 5.84. The van der Waals surface area contributed by atoms with E-state index in [4.69, 9.17) is 9.47 Å². The van der Waals surface area contributed by atoms with E-state index in [1.807, 2.05) is 12.1 Å². The van der Waals surface area contributed by atoms with Crippen molar-refractivity contribution in [1.29, 1.82) is 0 Å². The predicted octanol–water partition coefficient (Wildman–Crippen LogP) is 4.41. The molecular weight excluding hydrogens is 379 g/mol. The lowest BCUT2D eigenvalue weighted by atomic mass is 10.1. The number of methoxy groups -OCH3 is 1. The Bertz CT molecular complexity index is 727. The molecule has 0 spiro atoms. The van der Waals surface area contributed by atoms with Gasteiger partial charge >= 0.3 is 0 Å². The first-order valence-corrected chi connectivity index (χ1v) is 9.69. The number of ether oxygens (including phenoxy) is 2. The normalized spacial score (nSPS) is 16.6. The lowest BCUT2D eigenvalue weighted by Gasteiger charge is -2.23. The second kappa shape index (κ2) is 11.2. The highest BCUT2D eigenvalue weighted by Gasteiger charge is 2.22. The van der Waals surface area contributed by atoms with Gasteiger partial charge in [-0.25, -0.2) is 4.39 Å². The van der Waals surface area contributed by atoms with Crippen LogP contribution in [0.2, 0.25) is 0 Å². The summed E-state index contributed by atoms with van der Waals surface area (Å²) in [6.07, 6.45) is 2.54. The molecule has 2 aromatic carbocycles. The van der Waals surface area contributed by atoms with Crippen LogP contribution in [0.15, 0.2) is 42.5 Å². The smallest absolute Gasteiger partial charge is 0.166 e. The molecule has 28 heavy (non-hydrogen) atoms. The standard InChI is InChI=1S/C22H29FN2O2.ClH/c1-3-25-13-5-7-20(25)15-24-14-18-6-4-8-21(26-2)22(18)27-16-17-9-11-19(23)12-10-17;/h4,6,8-12,20,24H,3,5,7,13-16H2,1-2H3;1H. The van der Waals surface area contributed by atoms with Gasteiger partial charge in [-0.05, 0) is 49.7 Å². The second-order valence-electron chi connectivity index (χ2n) is 6.92. The van der Waals surface area contributed by atoms with Gasteiger partial charge in [0, 0.05) is 24.7 Å². The van der Waals surface area contributed by atoms with Crippen molar-refractivity contribution >= 4 is 12.4 Å². The Labute approximate surface area is 173 Å². The molecule has 0 saturated carbocycles. The highest BCUT2D eigenvalue weighted by atomic mass is 35.5. The van der Waals surface area contributed by atoms with Crippen LogP contribution in [-0.2, 0) is 13.2 Å². The van der Waals surface area contributed by atoms with Gasteiger partial charge in [-0.3, -0.25) is 4.90 Å². The summed E-state index contributed by atoms with van der Waals surface area (Å²) in [5.41, 5.74) is 1.99. The molecule has 1 saturated heterocycles. The number of hydrogen-bond donors (Lipinski definition) is 1. The SMILES string of the molecule is CCN1CCCC1CNCc1cccc(OC)c1OCc1ccc(F)cc1.Cl. The number of likely N-dealkylation sites (N-methyl/N-ethyl adjacent to an activating group) is 1. The van der Waals surface area contributed by atoms with E-state index in [1.54, 1.807) is 19.2 Å². The third-order valence-corrected chi connectivity index (χ3v) is 5.18. The Morgan fingerprint density at radius 1 is 1.18 bits per heavy atom. The summed E-state index contributed by atoms with van der Waals surface area (Å²) >= 11 is 0. The van der Waals surface area contributed by atoms with Crippen molar-refractivity contribution < 1.29 is 13.9 Å². The largest absolute Gasteiger partial charge is 0.493 e. The first kappa shape index (κ1) is 22.5. The Balaban J connectivity index is 0.00000280. The van der Waals surface area contributed by atoms with Crippen LogP contribution in [0.3, 0.4) is 0 Å². The van der Waals surface area contributed by atoms with Crippen LogP contribution in [0.4, 0.5) is 4.39 Å². The molecule has 1 atom stereocenters. The number of hydrogen-bond acceptors (Lipinski definition) is 4. The fourth-order valence-corrected chi connectivity index (χ4v) is 3.68. The Morgan fingerprint density at radius 3 is 2.68 bits per heavy atom. The zero-order chi connectivity index (χ0) is 19.1. The molecule has 2 aromatic rings. The molecule has 1 aliphatic rings. The molecule has 1 heterocycles. The molecule has 0 aliphatic carbocycles. The molecule has 0 amide bonds. The lowest BCUT2D eigenvalue weighted by Crippen LogP contribution is -2.37. The molecule has 154 valence electrons. The number of rotatable bonds is 9. The highest BCUT2D eigenvalue weighted by Crippen LogP contribution is 2.32. The van der Waals surface area contributed by atoms with E-state index in [1.165, 1.54) is 31.5 Å².